The summed E-state index contributed by atoms with van der Waals surface area (Å²) in [5.41, 5.74) is 1.72. The molecule has 2 rings (SSSR count). The molecule has 2 amide bonds. The van der Waals surface area contributed by atoms with E-state index in [-0.39, 0.29) is 12.5 Å². The molecule has 0 aromatic heterocycles. The molecule has 0 unspecified atom stereocenters. The van der Waals surface area contributed by atoms with Crippen molar-refractivity contribution in [3.05, 3.63) is 65.5 Å². The topological polar surface area (TPSA) is 86.8 Å². The minimum absolute atomic E-state index is 0.0381. The smallest absolute Gasteiger partial charge is 0.244 e. The summed E-state index contributed by atoms with van der Waals surface area (Å²) < 4.78 is 39.3. The number of benzene rings is 2. The van der Waals surface area contributed by atoms with Crippen molar-refractivity contribution < 1.29 is 22.4 Å². The van der Waals surface area contributed by atoms with E-state index in [1.807, 2.05) is 0 Å². The summed E-state index contributed by atoms with van der Waals surface area (Å²) in [7, 11) is -2.30. The number of anilines is 1. The zero-order valence-corrected chi connectivity index (χ0v) is 18.9. The maximum Gasteiger partial charge on any atom is 0.244 e. The number of aryl methyl sites for hydroxylation is 1. The zero-order chi connectivity index (χ0) is 23.2. The second-order valence-corrected chi connectivity index (χ2v) is 9.15. The molecule has 0 saturated heterocycles. The summed E-state index contributed by atoms with van der Waals surface area (Å²) in [6, 6.07) is 11.7. The Bertz CT molecular complexity index is 1030. The molecule has 0 fully saturated rings. The van der Waals surface area contributed by atoms with Crippen molar-refractivity contribution >= 4 is 27.5 Å². The summed E-state index contributed by atoms with van der Waals surface area (Å²) in [5, 5.41) is 2.55. The summed E-state index contributed by atoms with van der Waals surface area (Å²) in [5.74, 6) is -1.31. The van der Waals surface area contributed by atoms with Gasteiger partial charge in [0.05, 0.1) is 11.9 Å². The van der Waals surface area contributed by atoms with Gasteiger partial charge in [0.15, 0.2) is 0 Å². The SMILES string of the molecule is CC[C@@H](C(=O)NC)N(Cc1ccc(F)cc1)C(=O)CN(c1ccccc1C)S(C)(=O)=O. The Kier molecular flexibility index (Phi) is 8.15. The third-order valence-corrected chi connectivity index (χ3v) is 6.09. The fourth-order valence-electron chi connectivity index (χ4n) is 3.31. The molecule has 0 heterocycles. The van der Waals surface area contributed by atoms with Gasteiger partial charge in [0, 0.05) is 13.6 Å². The quantitative estimate of drug-likeness (QED) is 0.637. The van der Waals surface area contributed by atoms with E-state index < -0.39 is 34.3 Å². The van der Waals surface area contributed by atoms with Crippen LogP contribution in [0.2, 0.25) is 0 Å². The highest BCUT2D eigenvalue weighted by Crippen LogP contribution is 2.23. The highest BCUT2D eigenvalue weighted by atomic mass is 32.2. The molecule has 0 aliphatic heterocycles. The van der Waals surface area contributed by atoms with Gasteiger partial charge in [0.2, 0.25) is 21.8 Å². The first-order valence-corrected chi connectivity index (χ1v) is 11.7. The van der Waals surface area contributed by atoms with E-state index in [9.17, 15) is 22.4 Å². The monoisotopic (exact) mass is 449 g/mol. The first-order valence-electron chi connectivity index (χ1n) is 9.87. The van der Waals surface area contributed by atoms with Crippen LogP contribution in [0.3, 0.4) is 0 Å². The third-order valence-electron chi connectivity index (χ3n) is 4.96. The molecule has 2 aromatic rings. The summed E-state index contributed by atoms with van der Waals surface area (Å²) >= 11 is 0. The molecule has 9 heteroatoms. The summed E-state index contributed by atoms with van der Waals surface area (Å²) in [4.78, 5) is 27.1. The van der Waals surface area contributed by atoms with Gasteiger partial charge < -0.3 is 10.2 Å². The van der Waals surface area contributed by atoms with E-state index in [0.29, 0.717) is 23.2 Å². The number of halogens is 1. The molecule has 0 spiro atoms. The van der Waals surface area contributed by atoms with Crippen molar-refractivity contribution in [2.45, 2.75) is 32.9 Å². The fourth-order valence-corrected chi connectivity index (χ4v) is 4.22. The second kappa shape index (κ2) is 10.4. The van der Waals surface area contributed by atoms with E-state index >= 15 is 0 Å². The number of hydrogen-bond donors (Lipinski definition) is 1. The number of para-hydroxylation sites is 1. The van der Waals surface area contributed by atoms with Crippen LogP contribution in [0.5, 0.6) is 0 Å². The minimum Gasteiger partial charge on any atom is -0.357 e. The van der Waals surface area contributed by atoms with Gasteiger partial charge in [-0.15, -0.1) is 0 Å². The van der Waals surface area contributed by atoms with Crippen LogP contribution in [-0.4, -0.2) is 51.0 Å². The Hall–Kier alpha value is -2.94. The molecular formula is C22H28FN3O4S. The van der Waals surface area contributed by atoms with E-state index in [1.165, 1.54) is 36.2 Å². The van der Waals surface area contributed by atoms with Crippen molar-refractivity contribution in [3.8, 4) is 0 Å². The van der Waals surface area contributed by atoms with Crippen molar-refractivity contribution in [1.29, 1.82) is 0 Å². The lowest BCUT2D eigenvalue weighted by atomic mass is 10.1. The number of nitrogens with one attached hydrogen (secondary N) is 1. The highest BCUT2D eigenvalue weighted by molar-refractivity contribution is 7.92. The maximum absolute atomic E-state index is 13.3. The van der Waals surface area contributed by atoms with Crippen LogP contribution >= 0.6 is 0 Å². The molecule has 1 atom stereocenters. The molecule has 0 saturated carbocycles. The predicted octanol–water partition coefficient (Wildman–Crippen LogP) is 2.45. The zero-order valence-electron chi connectivity index (χ0n) is 18.1. The Labute approximate surface area is 182 Å². The van der Waals surface area contributed by atoms with Crippen LogP contribution in [0.1, 0.15) is 24.5 Å². The number of sulfonamides is 1. The number of nitrogens with zero attached hydrogens (tertiary/aromatic N) is 2. The molecular weight excluding hydrogens is 421 g/mol. The van der Waals surface area contributed by atoms with Crippen molar-refractivity contribution in [2.75, 3.05) is 24.2 Å². The summed E-state index contributed by atoms with van der Waals surface area (Å²) in [6.45, 7) is 3.10. The average molecular weight is 450 g/mol. The van der Waals surface area contributed by atoms with Crippen LogP contribution in [-0.2, 0) is 26.2 Å². The van der Waals surface area contributed by atoms with Crippen molar-refractivity contribution in [3.63, 3.8) is 0 Å². The van der Waals surface area contributed by atoms with Gasteiger partial charge in [-0.3, -0.25) is 13.9 Å². The number of amides is 2. The van der Waals surface area contributed by atoms with E-state index in [2.05, 4.69) is 5.32 Å². The Morgan fingerprint density at radius 3 is 2.23 bits per heavy atom. The standard InChI is InChI=1S/C22H28FN3O4S/c1-5-19(22(28)24-3)25(14-17-10-12-18(23)13-11-17)21(27)15-26(31(4,29)30)20-9-7-6-8-16(20)2/h6-13,19H,5,14-15H2,1-4H3,(H,24,28)/t19-/m0/s1. The average Bonchev–Trinajstić information content (AvgIpc) is 2.72. The first kappa shape index (κ1) is 24.3. The molecule has 2 aromatic carbocycles. The Morgan fingerprint density at radius 2 is 1.71 bits per heavy atom. The van der Waals surface area contributed by atoms with E-state index in [0.717, 1.165) is 10.6 Å². The second-order valence-electron chi connectivity index (χ2n) is 7.24. The Morgan fingerprint density at radius 1 is 1.10 bits per heavy atom. The van der Waals surface area contributed by atoms with E-state index in [4.69, 9.17) is 0 Å². The highest BCUT2D eigenvalue weighted by Gasteiger charge is 2.31. The minimum atomic E-state index is -3.77. The van der Waals surface area contributed by atoms with Gasteiger partial charge >= 0.3 is 0 Å². The van der Waals surface area contributed by atoms with Crippen LogP contribution in [0.4, 0.5) is 10.1 Å². The van der Waals surface area contributed by atoms with Crippen LogP contribution in [0, 0.1) is 12.7 Å². The van der Waals surface area contributed by atoms with Gasteiger partial charge in [-0.25, -0.2) is 12.8 Å². The lowest BCUT2D eigenvalue weighted by Gasteiger charge is -2.32. The molecule has 31 heavy (non-hydrogen) atoms. The van der Waals surface area contributed by atoms with Gasteiger partial charge in [-0.2, -0.15) is 0 Å². The van der Waals surface area contributed by atoms with Gasteiger partial charge in [0.25, 0.3) is 0 Å². The van der Waals surface area contributed by atoms with E-state index in [1.54, 1.807) is 38.1 Å². The predicted molar refractivity (Wildman–Crippen MR) is 118 cm³/mol. The summed E-state index contributed by atoms with van der Waals surface area (Å²) in [6.07, 6.45) is 1.36. The van der Waals surface area contributed by atoms with Crippen molar-refractivity contribution in [2.24, 2.45) is 0 Å². The maximum atomic E-state index is 13.3. The lowest BCUT2D eigenvalue weighted by molar-refractivity contribution is -0.140. The van der Waals surface area contributed by atoms with Gasteiger partial charge in [0.1, 0.15) is 18.4 Å². The van der Waals surface area contributed by atoms with Crippen LogP contribution in [0.25, 0.3) is 0 Å². The lowest BCUT2D eigenvalue weighted by Crippen LogP contribution is -2.51. The number of carbonyl (C=O) groups is 2. The van der Waals surface area contributed by atoms with Gasteiger partial charge in [-0.05, 0) is 42.7 Å². The van der Waals surface area contributed by atoms with Gasteiger partial charge in [-0.1, -0.05) is 37.3 Å². The van der Waals surface area contributed by atoms with Crippen LogP contribution in [0.15, 0.2) is 48.5 Å². The van der Waals surface area contributed by atoms with Crippen molar-refractivity contribution in [1.82, 2.24) is 10.2 Å². The molecule has 0 bridgehead atoms. The molecule has 1 N–H and O–H groups in total. The molecule has 168 valence electrons. The van der Waals surface area contributed by atoms with Crippen LogP contribution < -0.4 is 9.62 Å². The molecule has 0 radical (unpaired) electrons. The third kappa shape index (κ3) is 6.27. The largest absolute Gasteiger partial charge is 0.357 e. The fraction of sp³-hybridized carbons (Fsp3) is 0.364. The number of hydrogen-bond acceptors (Lipinski definition) is 4. The first-order chi connectivity index (χ1) is 14.6. The number of rotatable bonds is 9. The molecule has 0 aliphatic carbocycles. The number of carbonyl (C=O) groups excluding carboxylic acids is 2. The molecule has 7 nitrogen and oxygen atoms in total. The molecule has 0 aliphatic rings. The number of likely N-dealkylation sites (N-methyl/N-ethyl adjacent to an activating group) is 1. The Balaban J connectivity index is 2.43. The normalized spacial score (nSPS) is 12.2.